The Bertz CT molecular complexity index is 312. The van der Waals surface area contributed by atoms with Crippen LogP contribution >= 0.6 is 0 Å². The van der Waals surface area contributed by atoms with E-state index in [2.05, 4.69) is 46.9 Å². The van der Waals surface area contributed by atoms with Crippen LogP contribution in [0.3, 0.4) is 0 Å². The molecule has 0 fully saturated rings. The molecule has 0 aliphatic carbocycles. The molecular weight excluding hydrogens is 194 g/mol. The Labute approximate surface area is 100 Å². The molecule has 1 heteroatoms. The Kier molecular flexibility index (Phi) is 6.55. The Morgan fingerprint density at radius 3 is 2.25 bits per heavy atom. The van der Waals surface area contributed by atoms with E-state index in [9.17, 15) is 0 Å². The van der Waals surface area contributed by atoms with Crippen molar-refractivity contribution >= 4 is 0 Å². The van der Waals surface area contributed by atoms with Crippen LogP contribution in [0.1, 0.15) is 40.5 Å². The number of rotatable bonds is 6. The standard InChI is InChI=1S/C15H25N/c1-7-8-9-14(12(4)5)13(6)15(16)10-11(2)3/h7,10-11H,1,6,8-9,16H2,2-5H3/b15-10+. The predicted molar refractivity (Wildman–Crippen MR) is 74.1 cm³/mol. The average molecular weight is 219 g/mol. The molecule has 0 aliphatic rings. The van der Waals surface area contributed by atoms with Gasteiger partial charge < -0.3 is 5.73 Å². The van der Waals surface area contributed by atoms with Crippen molar-refractivity contribution in [2.24, 2.45) is 11.7 Å². The maximum atomic E-state index is 6.03. The highest BCUT2D eigenvalue weighted by atomic mass is 14.6. The normalized spacial score (nSPS) is 11.4. The van der Waals surface area contributed by atoms with E-state index in [1.165, 1.54) is 11.1 Å². The topological polar surface area (TPSA) is 26.0 Å². The molecule has 0 spiro atoms. The minimum absolute atomic E-state index is 0.453. The van der Waals surface area contributed by atoms with Crippen molar-refractivity contribution in [3.8, 4) is 0 Å². The van der Waals surface area contributed by atoms with Crippen molar-refractivity contribution in [3.05, 3.63) is 47.7 Å². The van der Waals surface area contributed by atoms with Gasteiger partial charge in [0.25, 0.3) is 0 Å². The van der Waals surface area contributed by atoms with Gasteiger partial charge in [0, 0.05) is 5.70 Å². The van der Waals surface area contributed by atoms with Crippen LogP contribution in [-0.4, -0.2) is 0 Å². The number of hydrogen-bond donors (Lipinski definition) is 1. The number of hydrogen-bond acceptors (Lipinski definition) is 1. The molecule has 1 nitrogen and oxygen atoms in total. The van der Waals surface area contributed by atoms with Crippen LogP contribution in [0, 0.1) is 5.92 Å². The fourth-order valence-corrected chi connectivity index (χ4v) is 1.58. The van der Waals surface area contributed by atoms with Crippen LogP contribution in [0.15, 0.2) is 47.7 Å². The summed E-state index contributed by atoms with van der Waals surface area (Å²) in [6.45, 7) is 16.3. The van der Waals surface area contributed by atoms with Crippen LogP contribution < -0.4 is 5.73 Å². The molecule has 0 aromatic carbocycles. The lowest BCUT2D eigenvalue weighted by Crippen LogP contribution is -2.05. The third kappa shape index (κ3) is 5.01. The summed E-state index contributed by atoms with van der Waals surface area (Å²) in [6, 6.07) is 0. The molecule has 0 heterocycles. The average Bonchev–Trinajstić information content (AvgIpc) is 2.16. The van der Waals surface area contributed by atoms with Crippen LogP contribution in [0.2, 0.25) is 0 Å². The Hall–Kier alpha value is -1.24. The molecule has 0 aromatic heterocycles. The molecule has 0 rings (SSSR count). The number of nitrogens with two attached hydrogens (primary N) is 1. The molecule has 0 unspecified atom stereocenters. The number of allylic oxidation sites excluding steroid dienone is 4. The fourth-order valence-electron chi connectivity index (χ4n) is 1.58. The lowest BCUT2D eigenvalue weighted by atomic mass is 9.94. The quantitative estimate of drug-likeness (QED) is 0.522. The monoisotopic (exact) mass is 219 g/mol. The van der Waals surface area contributed by atoms with E-state index in [0.29, 0.717) is 5.92 Å². The second-order valence-electron chi connectivity index (χ2n) is 4.65. The molecule has 0 amide bonds. The van der Waals surface area contributed by atoms with Crippen molar-refractivity contribution in [3.63, 3.8) is 0 Å². The molecule has 0 saturated heterocycles. The van der Waals surface area contributed by atoms with Gasteiger partial charge in [0.2, 0.25) is 0 Å². The van der Waals surface area contributed by atoms with E-state index in [1.807, 2.05) is 6.08 Å². The molecule has 0 bridgehead atoms. The van der Waals surface area contributed by atoms with E-state index in [0.717, 1.165) is 24.1 Å². The summed E-state index contributed by atoms with van der Waals surface area (Å²) >= 11 is 0. The van der Waals surface area contributed by atoms with Gasteiger partial charge in [0.05, 0.1) is 0 Å². The Morgan fingerprint density at radius 1 is 1.31 bits per heavy atom. The van der Waals surface area contributed by atoms with Gasteiger partial charge in [-0.3, -0.25) is 0 Å². The first-order chi connectivity index (χ1) is 7.40. The first-order valence-corrected chi connectivity index (χ1v) is 5.84. The summed E-state index contributed by atoms with van der Waals surface area (Å²) in [5, 5.41) is 0. The minimum atomic E-state index is 0.453. The highest BCUT2D eigenvalue weighted by Gasteiger charge is 2.07. The van der Waals surface area contributed by atoms with Crippen LogP contribution in [0.25, 0.3) is 0 Å². The molecule has 2 N–H and O–H groups in total. The third-order valence-electron chi connectivity index (χ3n) is 2.43. The largest absolute Gasteiger partial charge is 0.399 e. The van der Waals surface area contributed by atoms with E-state index in [1.54, 1.807) is 0 Å². The molecule has 0 aromatic rings. The molecule has 0 saturated carbocycles. The van der Waals surface area contributed by atoms with Gasteiger partial charge in [0.15, 0.2) is 0 Å². The van der Waals surface area contributed by atoms with Gasteiger partial charge in [-0.15, -0.1) is 6.58 Å². The van der Waals surface area contributed by atoms with E-state index in [4.69, 9.17) is 5.73 Å². The van der Waals surface area contributed by atoms with Crippen molar-refractivity contribution in [1.29, 1.82) is 0 Å². The summed E-state index contributed by atoms with van der Waals surface area (Å²) in [7, 11) is 0. The maximum Gasteiger partial charge on any atom is 0.0346 e. The van der Waals surface area contributed by atoms with Crippen molar-refractivity contribution < 1.29 is 0 Å². The van der Waals surface area contributed by atoms with Gasteiger partial charge in [-0.2, -0.15) is 0 Å². The lowest BCUT2D eigenvalue weighted by Gasteiger charge is -2.14. The van der Waals surface area contributed by atoms with Crippen LogP contribution in [0.4, 0.5) is 0 Å². The van der Waals surface area contributed by atoms with E-state index >= 15 is 0 Å². The highest BCUT2D eigenvalue weighted by Crippen LogP contribution is 2.23. The molecular formula is C15H25N. The lowest BCUT2D eigenvalue weighted by molar-refractivity contribution is 0.820. The summed E-state index contributed by atoms with van der Waals surface area (Å²) in [5.74, 6) is 0.453. The van der Waals surface area contributed by atoms with Gasteiger partial charge in [-0.05, 0) is 43.8 Å². The van der Waals surface area contributed by atoms with Crippen molar-refractivity contribution in [2.75, 3.05) is 0 Å². The zero-order valence-corrected chi connectivity index (χ0v) is 11.1. The Morgan fingerprint density at radius 2 is 1.88 bits per heavy atom. The van der Waals surface area contributed by atoms with Crippen LogP contribution in [-0.2, 0) is 0 Å². The summed E-state index contributed by atoms with van der Waals surface area (Å²) in [4.78, 5) is 0. The summed E-state index contributed by atoms with van der Waals surface area (Å²) < 4.78 is 0. The predicted octanol–water partition coefficient (Wildman–Crippen LogP) is 4.34. The summed E-state index contributed by atoms with van der Waals surface area (Å²) in [6.07, 6.45) is 5.92. The summed E-state index contributed by atoms with van der Waals surface area (Å²) in [5.41, 5.74) is 10.3. The zero-order chi connectivity index (χ0) is 12.7. The second-order valence-corrected chi connectivity index (χ2v) is 4.65. The fraction of sp³-hybridized carbons (Fsp3) is 0.467. The first-order valence-electron chi connectivity index (χ1n) is 5.84. The Balaban J connectivity index is 4.91. The molecule has 0 radical (unpaired) electrons. The first kappa shape index (κ1) is 14.8. The van der Waals surface area contributed by atoms with Gasteiger partial charge >= 0.3 is 0 Å². The molecule has 0 atom stereocenters. The molecule has 90 valence electrons. The highest BCUT2D eigenvalue weighted by molar-refractivity contribution is 5.45. The van der Waals surface area contributed by atoms with Crippen molar-refractivity contribution in [1.82, 2.24) is 0 Å². The molecule has 16 heavy (non-hydrogen) atoms. The maximum absolute atomic E-state index is 6.03. The van der Waals surface area contributed by atoms with Gasteiger partial charge in [0.1, 0.15) is 0 Å². The SMILES string of the molecule is C=CCCC(C(=C)/C(N)=C\C(C)C)=C(C)C. The van der Waals surface area contributed by atoms with Crippen molar-refractivity contribution in [2.45, 2.75) is 40.5 Å². The van der Waals surface area contributed by atoms with E-state index < -0.39 is 0 Å². The smallest absolute Gasteiger partial charge is 0.0346 e. The second kappa shape index (κ2) is 7.10. The van der Waals surface area contributed by atoms with Gasteiger partial charge in [-0.25, -0.2) is 0 Å². The zero-order valence-electron chi connectivity index (χ0n) is 11.1. The van der Waals surface area contributed by atoms with E-state index in [-0.39, 0.29) is 0 Å². The van der Waals surface area contributed by atoms with Crippen LogP contribution in [0.5, 0.6) is 0 Å². The van der Waals surface area contributed by atoms with Gasteiger partial charge in [-0.1, -0.05) is 38.2 Å². The minimum Gasteiger partial charge on any atom is -0.399 e. The third-order valence-corrected chi connectivity index (χ3v) is 2.43. The molecule has 0 aliphatic heterocycles.